The van der Waals surface area contributed by atoms with Gasteiger partial charge in [-0.25, -0.2) is 5.43 Å². The maximum Gasteiger partial charge on any atom is 0.277 e. The molecule has 0 saturated carbocycles. The van der Waals surface area contributed by atoms with Crippen molar-refractivity contribution >= 4 is 17.8 Å². The fourth-order valence-electron chi connectivity index (χ4n) is 1.49. The molecule has 1 heterocycles. The van der Waals surface area contributed by atoms with Gasteiger partial charge in [-0.05, 0) is 18.2 Å². The van der Waals surface area contributed by atoms with Gasteiger partial charge in [0.15, 0.2) is 6.61 Å². The largest absolute Gasteiger partial charge is 0.483 e. The molecule has 1 N–H and O–H groups in total. The zero-order valence-corrected chi connectivity index (χ0v) is 11.4. The van der Waals surface area contributed by atoms with Crippen LogP contribution in [0.4, 0.5) is 5.69 Å². The number of pyridine rings is 1. The van der Waals surface area contributed by atoms with Crippen LogP contribution >= 0.6 is 0 Å². The van der Waals surface area contributed by atoms with Crippen LogP contribution < -0.4 is 10.2 Å². The van der Waals surface area contributed by atoms with Crippen LogP contribution in [0.15, 0.2) is 53.8 Å². The van der Waals surface area contributed by atoms with E-state index in [9.17, 15) is 14.9 Å². The minimum absolute atomic E-state index is 0.105. The molecule has 0 bridgehead atoms. The van der Waals surface area contributed by atoms with E-state index in [1.54, 1.807) is 24.4 Å². The summed E-state index contributed by atoms with van der Waals surface area (Å²) < 4.78 is 5.16. The zero-order chi connectivity index (χ0) is 15.8. The number of rotatable bonds is 6. The number of benzene rings is 1. The van der Waals surface area contributed by atoms with Crippen LogP contribution in [0, 0.1) is 10.1 Å². The second-order valence-corrected chi connectivity index (χ2v) is 4.09. The van der Waals surface area contributed by atoms with Crippen LogP contribution in [-0.4, -0.2) is 28.6 Å². The Bertz CT molecular complexity index is 688. The second kappa shape index (κ2) is 7.48. The standard InChI is InChI=1S/C14H12N4O4/c19-14(17-16-9-11-4-1-2-7-15-11)10-22-13-6-3-5-12(8-13)18(20)21/h1-9H,10H2,(H,17,19). The van der Waals surface area contributed by atoms with E-state index in [0.717, 1.165) is 0 Å². The van der Waals surface area contributed by atoms with E-state index in [1.807, 2.05) is 0 Å². The Morgan fingerprint density at radius 3 is 2.95 bits per heavy atom. The predicted octanol–water partition coefficient (Wildman–Crippen LogP) is 1.52. The molecule has 22 heavy (non-hydrogen) atoms. The number of hydrogen-bond donors (Lipinski definition) is 1. The van der Waals surface area contributed by atoms with Crippen molar-refractivity contribution in [2.24, 2.45) is 5.10 Å². The fourth-order valence-corrected chi connectivity index (χ4v) is 1.49. The molecule has 2 rings (SSSR count). The minimum atomic E-state index is -0.538. The van der Waals surface area contributed by atoms with Gasteiger partial charge in [-0.2, -0.15) is 5.10 Å². The third-order valence-electron chi connectivity index (χ3n) is 2.47. The number of ether oxygens (including phenoxy) is 1. The van der Waals surface area contributed by atoms with Gasteiger partial charge in [-0.3, -0.25) is 19.9 Å². The Morgan fingerprint density at radius 2 is 2.23 bits per heavy atom. The molecule has 0 aliphatic rings. The van der Waals surface area contributed by atoms with Crippen LogP contribution in [0.3, 0.4) is 0 Å². The van der Waals surface area contributed by atoms with E-state index < -0.39 is 10.8 Å². The summed E-state index contributed by atoms with van der Waals surface area (Å²) in [5.74, 6) is -0.253. The van der Waals surface area contributed by atoms with Gasteiger partial charge in [0, 0.05) is 12.3 Å². The number of carbonyl (C=O) groups is 1. The van der Waals surface area contributed by atoms with Crippen molar-refractivity contribution in [2.45, 2.75) is 0 Å². The van der Waals surface area contributed by atoms with Gasteiger partial charge in [0.1, 0.15) is 5.75 Å². The highest BCUT2D eigenvalue weighted by Crippen LogP contribution is 2.18. The summed E-state index contributed by atoms with van der Waals surface area (Å²) >= 11 is 0. The highest BCUT2D eigenvalue weighted by molar-refractivity contribution is 5.81. The van der Waals surface area contributed by atoms with Gasteiger partial charge in [-0.1, -0.05) is 12.1 Å². The Morgan fingerprint density at radius 1 is 1.36 bits per heavy atom. The lowest BCUT2D eigenvalue weighted by molar-refractivity contribution is -0.384. The van der Waals surface area contributed by atoms with Crippen LogP contribution in [0.2, 0.25) is 0 Å². The third kappa shape index (κ3) is 4.67. The Kier molecular flexibility index (Phi) is 5.14. The van der Waals surface area contributed by atoms with Gasteiger partial charge in [0.25, 0.3) is 11.6 Å². The Hall–Kier alpha value is -3.29. The second-order valence-electron chi connectivity index (χ2n) is 4.09. The van der Waals surface area contributed by atoms with Gasteiger partial charge in [0.05, 0.1) is 22.9 Å². The number of nitro groups is 1. The molecular weight excluding hydrogens is 288 g/mol. The highest BCUT2D eigenvalue weighted by atomic mass is 16.6. The normalized spacial score (nSPS) is 10.4. The van der Waals surface area contributed by atoms with Crippen LogP contribution in [0.1, 0.15) is 5.69 Å². The summed E-state index contributed by atoms with van der Waals surface area (Å²) in [7, 11) is 0. The van der Waals surface area contributed by atoms with Crippen molar-refractivity contribution in [1.82, 2.24) is 10.4 Å². The molecule has 0 fully saturated rings. The summed E-state index contributed by atoms with van der Waals surface area (Å²) in [6.45, 7) is -0.305. The zero-order valence-electron chi connectivity index (χ0n) is 11.4. The number of carbonyl (C=O) groups excluding carboxylic acids is 1. The molecule has 112 valence electrons. The van der Waals surface area contributed by atoms with Crippen molar-refractivity contribution < 1.29 is 14.5 Å². The van der Waals surface area contributed by atoms with Gasteiger partial charge in [0.2, 0.25) is 0 Å². The first-order valence-electron chi connectivity index (χ1n) is 6.25. The van der Waals surface area contributed by atoms with E-state index in [-0.39, 0.29) is 18.0 Å². The molecule has 0 aliphatic heterocycles. The van der Waals surface area contributed by atoms with Crippen molar-refractivity contribution in [2.75, 3.05) is 6.61 Å². The number of non-ortho nitro benzene ring substituents is 1. The number of nitrogens with zero attached hydrogens (tertiary/aromatic N) is 3. The van der Waals surface area contributed by atoms with Crippen molar-refractivity contribution in [3.05, 3.63) is 64.5 Å². The lowest BCUT2D eigenvalue weighted by atomic mass is 10.3. The number of hydrazone groups is 1. The Labute approximate surface area is 125 Å². The summed E-state index contributed by atoms with van der Waals surface area (Å²) in [5, 5.41) is 14.3. The maximum atomic E-state index is 11.5. The minimum Gasteiger partial charge on any atom is -0.483 e. The molecular formula is C14H12N4O4. The van der Waals surface area contributed by atoms with Gasteiger partial charge in [-0.15, -0.1) is 0 Å². The third-order valence-corrected chi connectivity index (χ3v) is 2.47. The topological polar surface area (TPSA) is 107 Å². The SMILES string of the molecule is O=C(COc1cccc([N+](=O)[O-])c1)NN=Cc1ccccn1. The highest BCUT2D eigenvalue weighted by Gasteiger charge is 2.07. The molecule has 2 aromatic rings. The summed E-state index contributed by atoms with van der Waals surface area (Å²) in [4.78, 5) is 25.6. The van der Waals surface area contributed by atoms with Crippen molar-refractivity contribution in [3.8, 4) is 5.75 Å². The van der Waals surface area contributed by atoms with Gasteiger partial charge >= 0.3 is 0 Å². The van der Waals surface area contributed by atoms with E-state index in [1.165, 1.54) is 30.5 Å². The monoisotopic (exact) mass is 300 g/mol. The molecule has 0 radical (unpaired) electrons. The molecule has 8 nitrogen and oxygen atoms in total. The number of nitro benzene ring substituents is 1. The number of hydrogen-bond acceptors (Lipinski definition) is 6. The number of nitrogens with one attached hydrogen (secondary N) is 1. The molecule has 0 spiro atoms. The van der Waals surface area contributed by atoms with E-state index in [4.69, 9.17) is 4.74 Å². The van der Waals surface area contributed by atoms with E-state index in [2.05, 4.69) is 15.5 Å². The molecule has 0 aliphatic carbocycles. The smallest absolute Gasteiger partial charge is 0.277 e. The van der Waals surface area contributed by atoms with Gasteiger partial charge < -0.3 is 4.74 Å². The van der Waals surface area contributed by atoms with Crippen molar-refractivity contribution in [3.63, 3.8) is 0 Å². The van der Waals surface area contributed by atoms with Crippen molar-refractivity contribution in [1.29, 1.82) is 0 Å². The number of aromatic nitrogens is 1. The number of amides is 1. The predicted molar refractivity (Wildman–Crippen MR) is 78.6 cm³/mol. The molecule has 0 saturated heterocycles. The van der Waals surface area contributed by atoms with Crippen LogP contribution in [0.25, 0.3) is 0 Å². The molecule has 0 atom stereocenters. The quantitative estimate of drug-likeness (QED) is 0.494. The Balaban J connectivity index is 1.82. The summed E-state index contributed by atoms with van der Waals surface area (Å²) in [6.07, 6.45) is 3.00. The average Bonchev–Trinajstić information content (AvgIpc) is 2.54. The first-order chi connectivity index (χ1) is 10.6. The lowest BCUT2D eigenvalue weighted by Crippen LogP contribution is -2.24. The summed E-state index contributed by atoms with van der Waals surface area (Å²) in [6, 6.07) is 10.9. The molecule has 8 heteroatoms. The van der Waals surface area contributed by atoms with E-state index >= 15 is 0 Å². The molecule has 1 aromatic heterocycles. The first kappa shape index (κ1) is 15.1. The first-order valence-corrected chi connectivity index (χ1v) is 6.25. The molecule has 1 aromatic carbocycles. The fraction of sp³-hybridized carbons (Fsp3) is 0.0714. The molecule has 0 unspecified atom stereocenters. The summed E-state index contributed by atoms with van der Waals surface area (Å²) in [5.41, 5.74) is 2.76. The van der Waals surface area contributed by atoms with E-state index in [0.29, 0.717) is 5.69 Å². The molecule has 1 amide bonds. The van der Waals surface area contributed by atoms with Crippen LogP contribution in [-0.2, 0) is 4.79 Å². The lowest BCUT2D eigenvalue weighted by Gasteiger charge is -2.04. The van der Waals surface area contributed by atoms with Crippen LogP contribution in [0.5, 0.6) is 5.75 Å². The maximum absolute atomic E-state index is 11.5. The average molecular weight is 300 g/mol.